The minimum atomic E-state index is -0.300. The van der Waals surface area contributed by atoms with E-state index in [1.165, 1.54) is 18.3 Å². The van der Waals surface area contributed by atoms with Crippen molar-refractivity contribution < 1.29 is 4.39 Å². The zero-order valence-corrected chi connectivity index (χ0v) is 9.34. The van der Waals surface area contributed by atoms with Gasteiger partial charge in [0.15, 0.2) is 4.77 Å². The molecule has 0 bridgehead atoms. The molecular formula is C11H9FN2OS. The fraction of sp³-hybridized carbons (Fsp3) is 0.0909. The summed E-state index contributed by atoms with van der Waals surface area (Å²) in [4.78, 5) is 13.5. The maximum Gasteiger partial charge on any atom is 0.251 e. The van der Waals surface area contributed by atoms with E-state index in [9.17, 15) is 9.18 Å². The highest BCUT2D eigenvalue weighted by molar-refractivity contribution is 7.71. The van der Waals surface area contributed by atoms with Crippen molar-refractivity contribution >= 4 is 12.2 Å². The normalized spacial score (nSPS) is 10.4. The van der Waals surface area contributed by atoms with Crippen molar-refractivity contribution in [3.8, 4) is 5.69 Å². The third-order valence-corrected chi connectivity index (χ3v) is 2.56. The quantitative estimate of drug-likeness (QED) is 0.772. The van der Waals surface area contributed by atoms with Crippen molar-refractivity contribution in [3.63, 3.8) is 0 Å². The van der Waals surface area contributed by atoms with Gasteiger partial charge in [-0.3, -0.25) is 14.3 Å². The summed E-state index contributed by atoms with van der Waals surface area (Å²) in [5, 5.41) is 0. The van der Waals surface area contributed by atoms with E-state index in [-0.39, 0.29) is 16.1 Å². The van der Waals surface area contributed by atoms with Crippen molar-refractivity contribution in [2.45, 2.75) is 6.92 Å². The fourth-order valence-electron chi connectivity index (χ4n) is 1.35. The molecule has 0 aliphatic rings. The third-order valence-electron chi connectivity index (χ3n) is 2.26. The number of aromatic nitrogens is 2. The second-order valence-corrected chi connectivity index (χ2v) is 3.80. The Labute approximate surface area is 96.2 Å². The van der Waals surface area contributed by atoms with Crippen LogP contribution in [-0.4, -0.2) is 9.55 Å². The van der Waals surface area contributed by atoms with Gasteiger partial charge >= 0.3 is 0 Å². The number of benzene rings is 1. The second kappa shape index (κ2) is 4.02. The summed E-state index contributed by atoms with van der Waals surface area (Å²) < 4.78 is 15.1. The summed E-state index contributed by atoms with van der Waals surface area (Å²) in [6, 6.07) is 6.13. The molecular weight excluding hydrogens is 227 g/mol. The fourth-order valence-corrected chi connectivity index (χ4v) is 1.62. The number of rotatable bonds is 1. The molecule has 0 aliphatic carbocycles. The molecule has 0 atom stereocenters. The van der Waals surface area contributed by atoms with E-state index in [1.807, 2.05) is 0 Å². The van der Waals surface area contributed by atoms with E-state index in [1.54, 1.807) is 23.6 Å². The largest absolute Gasteiger partial charge is 0.299 e. The number of hydrogen-bond acceptors (Lipinski definition) is 2. The van der Waals surface area contributed by atoms with Gasteiger partial charge in [0.25, 0.3) is 5.56 Å². The molecule has 5 heteroatoms. The molecule has 0 unspecified atom stereocenters. The van der Waals surface area contributed by atoms with E-state index in [0.29, 0.717) is 11.3 Å². The molecule has 0 spiro atoms. The molecule has 1 heterocycles. The van der Waals surface area contributed by atoms with Crippen LogP contribution in [0.3, 0.4) is 0 Å². The SMILES string of the molecule is Cc1ccc(-n2ccc(=O)[nH]c2=S)cc1F. The van der Waals surface area contributed by atoms with Gasteiger partial charge < -0.3 is 0 Å². The zero-order valence-electron chi connectivity index (χ0n) is 8.53. The summed E-state index contributed by atoms with van der Waals surface area (Å²) in [7, 11) is 0. The lowest BCUT2D eigenvalue weighted by Crippen LogP contribution is -2.09. The molecule has 0 saturated carbocycles. The zero-order chi connectivity index (χ0) is 11.7. The van der Waals surface area contributed by atoms with Crippen LogP contribution in [0.5, 0.6) is 0 Å². The van der Waals surface area contributed by atoms with Crippen LogP contribution in [0.4, 0.5) is 4.39 Å². The van der Waals surface area contributed by atoms with Crippen molar-refractivity contribution in [1.82, 2.24) is 9.55 Å². The molecule has 0 aliphatic heterocycles. The van der Waals surface area contributed by atoms with Gasteiger partial charge in [-0.25, -0.2) is 4.39 Å². The molecule has 0 radical (unpaired) electrons. The first kappa shape index (κ1) is 10.8. The molecule has 2 rings (SSSR count). The first-order valence-electron chi connectivity index (χ1n) is 4.66. The average Bonchev–Trinajstić information content (AvgIpc) is 2.22. The van der Waals surface area contributed by atoms with Crippen molar-refractivity contribution in [2.24, 2.45) is 0 Å². The maximum absolute atomic E-state index is 13.4. The van der Waals surface area contributed by atoms with Crippen molar-refractivity contribution in [2.75, 3.05) is 0 Å². The maximum atomic E-state index is 13.4. The Balaban J connectivity index is 2.63. The molecule has 1 N–H and O–H groups in total. The van der Waals surface area contributed by atoms with E-state index in [0.717, 1.165) is 0 Å². The minimum Gasteiger partial charge on any atom is -0.299 e. The van der Waals surface area contributed by atoms with Gasteiger partial charge in [-0.15, -0.1) is 0 Å². The Morgan fingerprint density at radius 1 is 1.38 bits per heavy atom. The van der Waals surface area contributed by atoms with Crippen LogP contribution < -0.4 is 5.56 Å². The highest BCUT2D eigenvalue weighted by Gasteiger charge is 2.01. The number of nitrogens with zero attached hydrogens (tertiary/aromatic N) is 1. The van der Waals surface area contributed by atoms with E-state index < -0.39 is 0 Å². The predicted octanol–water partition coefficient (Wildman–Crippen LogP) is 2.34. The highest BCUT2D eigenvalue weighted by atomic mass is 32.1. The van der Waals surface area contributed by atoms with Crippen molar-refractivity contribution in [1.29, 1.82) is 0 Å². The Morgan fingerprint density at radius 3 is 2.75 bits per heavy atom. The average molecular weight is 236 g/mol. The predicted molar refractivity (Wildman–Crippen MR) is 61.9 cm³/mol. The monoisotopic (exact) mass is 236 g/mol. The second-order valence-electron chi connectivity index (χ2n) is 3.41. The van der Waals surface area contributed by atoms with Gasteiger partial charge in [-0.05, 0) is 36.8 Å². The lowest BCUT2D eigenvalue weighted by atomic mass is 10.2. The van der Waals surface area contributed by atoms with Gasteiger partial charge in [-0.2, -0.15) is 0 Å². The molecule has 1 aromatic carbocycles. The molecule has 0 fully saturated rings. The van der Waals surface area contributed by atoms with Crippen LogP contribution in [0.15, 0.2) is 35.3 Å². The van der Waals surface area contributed by atoms with Crippen LogP contribution in [0.2, 0.25) is 0 Å². The number of aromatic amines is 1. The third kappa shape index (κ3) is 1.94. The standard InChI is InChI=1S/C11H9FN2OS/c1-7-2-3-8(6-9(7)12)14-5-4-10(15)13-11(14)16/h2-6H,1H3,(H,13,15,16). The highest BCUT2D eigenvalue weighted by Crippen LogP contribution is 2.12. The number of H-pyrrole nitrogens is 1. The Kier molecular flexibility index (Phi) is 2.70. The lowest BCUT2D eigenvalue weighted by molar-refractivity contribution is 0.617. The van der Waals surface area contributed by atoms with Gasteiger partial charge in [0, 0.05) is 12.3 Å². The van der Waals surface area contributed by atoms with Gasteiger partial charge in [0.2, 0.25) is 0 Å². The number of halogens is 1. The summed E-state index contributed by atoms with van der Waals surface area (Å²) in [5.74, 6) is -0.300. The topological polar surface area (TPSA) is 37.8 Å². The Hall–Kier alpha value is -1.75. The van der Waals surface area contributed by atoms with E-state index in [4.69, 9.17) is 12.2 Å². The first-order chi connectivity index (χ1) is 7.58. The Morgan fingerprint density at radius 2 is 2.12 bits per heavy atom. The molecule has 0 amide bonds. The van der Waals surface area contributed by atoms with Gasteiger partial charge in [0.05, 0.1) is 5.69 Å². The van der Waals surface area contributed by atoms with Crippen LogP contribution in [0.1, 0.15) is 5.56 Å². The van der Waals surface area contributed by atoms with Gasteiger partial charge in [0.1, 0.15) is 5.82 Å². The molecule has 3 nitrogen and oxygen atoms in total. The van der Waals surface area contributed by atoms with Crippen LogP contribution in [0.25, 0.3) is 5.69 Å². The number of aryl methyl sites for hydroxylation is 1. The molecule has 0 saturated heterocycles. The van der Waals surface area contributed by atoms with Crippen molar-refractivity contribution in [3.05, 3.63) is 57.0 Å². The summed E-state index contributed by atoms with van der Waals surface area (Å²) >= 11 is 4.98. The molecule has 2 aromatic rings. The molecule has 82 valence electrons. The smallest absolute Gasteiger partial charge is 0.251 e. The first-order valence-corrected chi connectivity index (χ1v) is 5.07. The molecule has 1 aromatic heterocycles. The number of nitrogens with one attached hydrogen (secondary N) is 1. The summed E-state index contributed by atoms with van der Waals surface area (Å²) in [6.45, 7) is 1.69. The summed E-state index contributed by atoms with van der Waals surface area (Å²) in [5.41, 5.74) is 0.887. The minimum absolute atomic E-state index is 0.246. The number of hydrogen-bond donors (Lipinski definition) is 1. The summed E-state index contributed by atoms with van der Waals surface area (Å²) in [6.07, 6.45) is 1.52. The molecule has 16 heavy (non-hydrogen) atoms. The van der Waals surface area contributed by atoms with Crippen LogP contribution >= 0.6 is 12.2 Å². The van der Waals surface area contributed by atoms with E-state index >= 15 is 0 Å². The van der Waals surface area contributed by atoms with Crippen LogP contribution in [-0.2, 0) is 0 Å². The Bertz CT molecular complexity index is 645. The lowest BCUT2D eigenvalue weighted by Gasteiger charge is -2.06. The van der Waals surface area contributed by atoms with E-state index in [2.05, 4.69) is 4.98 Å². The van der Waals surface area contributed by atoms with Crippen LogP contribution in [0, 0.1) is 17.5 Å². The van der Waals surface area contributed by atoms with Gasteiger partial charge in [-0.1, -0.05) is 6.07 Å².